The molecular formula is C13H19ClN4. The summed E-state index contributed by atoms with van der Waals surface area (Å²) in [6.07, 6.45) is 1.83. The first-order valence-electron chi connectivity index (χ1n) is 6.07. The van der Waals surface area contributed by atoms with Crippen LogP contribution in [0.1, 0.15) is 18.3 Å². The predicted octanol–water partition coefficient (Wildman–Crippen LogP) is 2.43. The molecule has 0 spiro atoms. The van der Waals surface area contributed by atoms with Gasteiger partial charge in [-0.3, -0.25) is 0 Å². The Kier molecular flexibility index (Phi) is 3.88. The molecule has 0 amide bonds. The molecule has 0 aromatic carbocycles. The van der Waals surface area contributed by atoms with E-state index in [4.69, 9.17) is 11.6 Å². The molecule has 0 bridgehead atoms. The van der Waals surface area contributed by atoms with Crippen molar-refractivity contribution in [3.8, 4) is 0 Å². The minimum absolute atomic E-state index is 0.409. The van der Waals surface area contributed by atoms with Gasteiger partial charge in [0.2, 0.25) is 0 Å². The summed E-state index contributed by atoms with van der Waals surface area (Å²) in [6.45, 7) is 5.08. The fraction of sp³-hybridized carbons (Fsp3) is 0.538. The van der Waals surface area contributed by atoms with Crippen molar-refractivity contribution in [1.29, 1.82) is 0 Å². The standard InChI is InChI=1S/C13H19ClN4/c1-9-5-6-15-13-12(9)16-11(7-14)18(13)8-10(2)17(3)4/h5-6,10H,7-8H2,1-4H3. The molecule has 0 aliphatic rings. The summed E-state index contributed by atoms with van der Waals surface area (Å²) < 4.78 is 2.12. The molecule has 0 fully saturated rings. The zero-order chi connectivity index (χ0) is 13.3. The number of aromatic nitrogens is 3. The maximum Gasteiger partial charge on any atom is 0.160 e. The van der Waals surface area contributed by atoms with E-state index in [0.29, 0.717) is 11.9 Å². The van der Waals surface area contributed by atoms with Gasteiger partial charge in [-0.1, -0.05) is 0 Å². The number of aryl methyl sites for hydroxylation is 1. The normalized spacial score (nSPS) is 13.4. The van der Waals surface area contributed by atoms with Gasteiger partial charge in [-0.15, -0.1) is 11.6 Å². The molecule has 5 heteroatoms. The third-order valence-electron chi connectivity index (χ3n) is 3.36. The van der Waals surface area contributed by atoms with Crippen molar-refractivity contribution in [1.82, 2.24) is 19.4 Å². The van der Waals surface area contributed by atoms with Crippen LogP contribution in [0.25, 0.3) is 11.2 Å². The second-order valence-corrected chi connectivity index (χ2v) is 5.15. The largest absolute Gasteiger partial charge is 0.310 e. The lowest BCUT2D eigenvalue weighted by Gasteiger charge is -2.21. The molecule has 1 atom stereocenters. The van der Waals surface area contributed by atoms with Crippen LogP contribution in [-0.2, 0) is 12.4 Å². The minimum Gasteiger partial charge on any atom is -0.310 e. The van der Waals surface area contributed by atoms with Gasteiger partial charge in [-0.2, -0.15) is 0 Å². The summed E-state index contributed by atoms with van der Waals surface area (Å²) in [5.41, 5.74) is 3.03. The van der Waals surface area contributed by atoms with Crippen LogP contribution in [-0.4, -0.2) is 39.6 Å². The van der Waals surface area contributed by atoms with E-state index in [1.807, 2.05) is 12.3 Å². The van der Waals surface area contributed by atoms with E-state index >= 15 is 0 Å². The maximum absolute atomic E-state index is 5.99. The minimum atomic E-state index is 0.409. The number of likely N-dealkylation sites (N-methyl/N-ethyl adjacent to an activating group) is 1. The van der Waals surface area contributed by atoms with Gasteiger partial charge in [0, 0.05) is 18.8 Å². The van der Waals surface area contributed by atoms with Crippen LogP contribution in [0.3, 0.4) is 0 Å². The molecule has 0 aliphatic carbocycles. The maximum atomic E-state index is 5.99. The lowest BCUT2D eigenvalue weighted by molar-refractivity contribution is 0.284. The first-order chi connectivity index (χ1) is 8.54. The number of imidazole rings is 1. The molecule has 2 aromatic heterocycles. The zero-order valence-corrected chi connectivity index (χ0v) is 12.1. The van der Waals surface area contributed by atoms with Crippen LogP contribution >= 0.6 is 11.6 Å². The highest BCUT2D eigenvalue weighted by Gasteiger charge is 2.15. The number of nitrogens with zero attached hydrogens (tertiary/aromatic N) is 4. The number of halogens is 1. The molecule has 2 rings (SSSR count). The summed E-state index contributed by atoms with van der Waals surface area (Å²) in [7, 11) is 4.14. The van der Waals surface area contributed by atoms with Crippen molar-refractivity contribution in [3.63, 3.8) is 0 Å². The van der Waals surface area contributed by atoms with E-state index in [-0.39, 0.29) is 0 Å². The van der Waals surface area contributed by atoms with Crippen LogP contribution in [0.4, 0.5) is 0 Å². The fourth-order valence-corrected chi connectivity index (χ4v) is 2.11. The van der Waals surface area contributed by atoms with Crippen LogP contribution in [0.15, 0.2) is 12.3 Å². The van der Waals surface area contributed by atoms with Crippen molar-refractivity contribution < 1.29 is 0 Å². The highest BCUT2D eigenvalue weighted by Crippen LogP contribution is 2.19. The Bertz CT molecular complexity index is 547. The summed E-state index contributed by atoms with van der Waals surface area (Å²) in [6, 6.07) is 2.39. The third kappa shape index (κ3) is 2.35. The quantitative estimate of drug-likeness (QED) is 0.797. The number of fused-ring (bicyclic) bond motifs is 1. The molecule has 0 saturated heterocycles. The zero-order valence-electron chi connectivity index (χ0n) is 11.3. The van der Waals surface area contributed by atoms with Gasteiger partial charge in [0.25, 0.3) is 0 Å². The average Bonchev–Trinajstić information content (AvgIpc) is 2.69. The van der Waals surface area contributed by atoms with Crippen molar-refractivity contribution in [2.45, 2.75) is 32.3 Å². The topological polar surface area (TPSA) is 34.0 Å². The molecule has 0 saturated carbocycles. The van der Waals surface area contributed by atoms with E-state index in [1.54, 1.807) is 0 Å². The van der Waals surface area contributed by atoms with Gasteiger partial charge in [-0.25, -0.2) is 9.97 Å². The molecule has 1 unspecified atom stereocenters. The van der Waals surface area contributed by atoms with Crippen molar-refractivity contribution >= 4 is 22.8 Å². The SMILES string of the molecule is Cc1ccnc2c1nc(CCl)n2CC(C)N(C)C. The molecular weight excluding hydrogens is 248 g/mol. The van der Waals surface area contributed by atoms with E-state index < -0.39 is 0 Å². The number of rotatable bonds is 4. The predicted molar refractivity (Wildman–Crippen MR) is 75.0 cm³/mol. The number of hydrogen-bond donors (Lipinski definition) is 0. The Balaban J connectivity index is 2.50. The average molecular weight is 267 g/mol. The van der Waals surface area contributed by atoms with Crippen molar-refractivity contribution in [2.75, 3.05) is 14.1 Å². The smallest absolute Gasteiger partial charge is 0.160 e. The van der Waals surface area contributed by atoms with E-state index in [2.05, 4.69) is 47.4 Å². The lowest BCUT2D eigenvalue weighted by Crippen LogP contribution is -2.29. The summed E-state index contributed by atoms with van der Waals surface area (Å²) in [5.74, 6) is 1.30. The first-order valence-corrected chi connectivity index (χ1v) is 6.61. The Morgan fingerprint density at radius 2 is 2.17 bits per heavy atom. The molecule has 0 N–H and O–H groups in total. The summed E-state index contributed by atoms with van der Waals surface area (Å²) in [5, 5.41) is 0. The van der Waals surface area contributed by atoms with Gasteiger partial charge in [0.1, 0.15) is 11.3 Å². The molecule has 2 aromatic rings. The molecule has 4 nitrogen and oxygen atoms in total. The van der Waals surface area contributed by atoms with Gasteiger partial charge < -0.3 is 9.47 Å². The Morgan fingerprint density at radius 3 is 2.78 bits per heavy atom. The Labute approximate surface area is 113 Å². The van der Waals surface area contributed by atoms with Crippen LogP contribution in [0.2, 0.25) is 0 Å². The second-order valence-electron chi connectivity index (χ2n) is 4.88. The Morgan fingerprint density at radius 1 is 1.44 bits per heavy atom. The Hall–Kier alpha value is -1.13. The number of alkyl halides is 1. The molecule has 18 heavy (non-hydrogen) atoms. The third-order valence-corrected chi connectivity index (χ3v) is 3.60. The lowest BCUT2D eigenvalue weighted by atomic mass is 10.2. The summed E-state index contributed by atoms with van der Waals surface area (Å²) >= 11 is 5.99. The second kappa shape index (κ2) is 5.24. The highest BCUT2D eigenvalue weighted by molar-refractivity contribution is 6.16. The van der Waals surface area contributed by atoms with E-state index in [9.17, 15) is 0 Å². The van der Waals surface area contributed by atoms with Crippen LogP contribution in [0, 0.1) is 6.92 Å². The highest BCUT2D eigenvalue weighted by atomic mass is 35.5. The first kappa shape index (κ1) is 13.3. The fourth-order valence-electron chi connectivity index (χ4n) is 1.90. The molecule has 0 aliphatic heterocycles. The number of pyridine rings is 1. The van der Waals surface area contributed by atoms with Gasteiger partial charge in [-0.05, 0) is 39.6 Å². The molecule has 0 radical (unpaired) electrons. The van der Waals surface area contributed by atoms with E-state index in [1.165, 1.54) is 0 Å². The van der Waals surface area contributed by atoms with Gasteiger partial charge in [0.05, 0.1) is 5.88 Å². The van der Waals surface area contributed by atoms with Crippen LogP contribution < -0.4 is 0 Å². The summed E-state index contributed by atoms with van der Waals surface area (Å²) in [4.78, 5) is 11.2. The van der Waals surface area contributed by atoms with Crippen molar-refractivity contribution in [3.05, 3.63) is 23.7 Å². The monoisotopic (exact) mass is 266 g/mol. The molecule has 2 heterocycles. The van der Waals surface area contributed by atoms with Crippen molar-refractivity contribution in [2.24, 2.45) is 0 Å². The van der Waals surface area contributed by atoms with E-state index in [0.717, 1.165) is 29.1 Å². The van der Waals surface area contributed by atoms with Gasteiger partial charge >= 0.3 is 0 Å². The van der Waals surface area contributed by atoms with Crippen LogP contribution in [0.5, 0.6) is 0 Å². The van der Waals surface area contributed by atoms with Gasteiger partial charge in [0.15, 0.2) is 5.65 Å². The molecule has 98 valence electrons. The number of hydrogen-bond acceptors (Lipinski definition) is 3.